The lowest BCUT2D eigenvalue weighted by Gasteiger charge is -2.09. The van der Waals surface area contributed by atoms with Gasteiger partial charge in [-0.1, -0.05) is 17.7 Å². The van der Waals surface area contributed by atoms with Crippen molar-refractivity contribution in [3.8, 4) is 22.4 Å². The van der Waals surface area contributed by atoms with Crippen molar-refractivity contribution in [3.63, 3.8) is 0 Å². The maximum absolute atomic E-state index is 14.9. The van der Waals surface area contributed by atoms with Crippen molar-refractivity contribution in [2.24, 2.45) is 0 Å². The molecule has 3 heterocycles. The lowest BCUT2D eigenvalue weighted by atomic mass is 9.98. The molecule has 0 saturated carbocycles. The molecule has 0 unspecified atom stereocenters. The Labute approximate surface area is 212 Å². The molecular formula is C28H24ClFN6. The van der Waals surface area contributed by atoms with Crippen LogP contribution in [0.1, 0.15) is 5.56 Å². The largest absolute Gasteiger partial charge is 0.389 e. The summed E-state index contributed by atoms with van der Waals surface area (Å²) >= 11 is 6.22. The second-order valence-corrected chi connectivity index (χ2v) is 8.77. The van der Waals surface area contributed by atoms with Gasteiger partial charge in [0.25, 0.3) is 0 Å². The summed E-state index contributed by atoms with van der Waals surface area (Å²) in [6.45, 7) is 1.56. The van der Waals surface area contributed by atoms with Crippen molar-refractivity contribution in [1.82, 2.24) is 25.6 Å². The molecule has 4 N–H and O–H groups in total. The number of pyridine rings is 2. The minimum atomic E-state index is -0.372. The zero-order valence-corrected chi connectivity index (χ0v) is 20.3. The first kappa shape index (κ1) is 23.7. The predicted molar refractivity (Wildman–Crippen MR) is 146 cm³/mol. The Kier molecular flexibility index (Phi) is 6.75. The number of likely N-dealkylation sites (N-methyl/N-ethyl adjacent to an activating group) is 1. The van der Waals surface area contributed by atoms with Gasteiger partial charge in [-0.05, 0) is 61.1 Å². The molecule has 0 radical (unpaired) electrons. The highest BCUT2D eigenvalue weighted by Crippen LogP contribution is 2.40. The maximum atomic E-state index is 14.9. The van der Waals surface area contributed by atoms with Crippen LogP contribution >= 0.6 is 11.6 Å². The number of H-pyrrole nitrogens is 1. The first-order valence-corrected chi connectivity index (χ1v) is 11.9. The molecule has 0 aliphatic carbocycles. The number of rotatable bonds is 8. The summed E-state index contributed by atoms with van der Waals surface area (Å²) in [5, 5.41) is 15.5. The Morgan fingerprint density at radius 3 is 2.83 bits per heavy atom. The Hall–Kier alpha value is -4.07. The van der Waals surface area contributed by atoms with Crippen LogP contribution in [0.4, 0.5) is 4.39 Å². The van der Waals surface area contributed by atoms with Crippen molar-refractivity contribution in [2.45, 2.75) is 0 Å². The summed E-state index contributed by atoms with van der Waals surface area (Å²) in [7, 11) is 1.89. The highest BCUT2D eigenvalue weighted by atomic mass is 35.5. The molecule has 2 aromatic carbocycles. The van der Waals surface area contributed by atoms with Gasteiger partial charge in [0, 0.05) is 70.6 Å². The molecule has 0 aliphatic heterocycles. The van der Waals surface area contributed by atoms with Gasteiger partial charge < -0.3 is 21.0 Å². The fourth-order valence-electron chi connectivity index (χ4n) is 4.23. The fraction of sp³-hybridized carbons (Fsp3) is 0.107. The molecule has 0 atom stereocenters. The molecule has 0 saturated heterocycles. The van der Waals surface area contributed by atoms with Crippen LogP contribution in [0.5, 0.6) is 0 Å². The number of aromatic nitrogens is 3. The third kappa shape index (κ3) is 4.58. The Morgan fingerprint density at radius 1 is 1.11 bits per heavy atom. The first-order chi connectivity index (χ1) is 17.6. The first-order valence-electron chi connectivity index (χ1n) is 11.5. The van der Waals surface area contributed by atoms with Gasteiger partial charge in [-0.2, -0.15) is 0 Å². The van der Waals surface area contributed by atoms with Crippen molar-refractivity contribution in [2.75, 3.05) is 20.1 Å². The van der Waals surface area contributed by atoms with Crippen LogP contribution in [0, 0.1) is 11.2 Å². The van der Waals surface area contributed by atoms with Crippen LogP contribution in [-0.4, -0.2) is 41.3 Å². The van der Waals surface area contributed by atoms with Gasteiger partial charge in [-0.15, -0.1) is 0 Å². The average Bonchev–Trinajstić information content (AvgIpc) is 3.29. The van der Waals surface area contributed by atoms with Crippen LogP contribution in [-0.2, 0) is 0 Å². The van der Waals surface area contributed by atoms with E-state index in [1.807, 2.05) is 49.6 Å². The van der Waals surface area contributed by atoms with Crippen molar-refractivity contribution >= 4 is 45.3 Å². The van der Waals surface area contributed by atoms with E-state index in [4.69, 9.17) is 17.0 Å². The number of hydrogen-bond donors (Lipinski definition) is 4. The van der Waals surface area contributed by atoms with E-state index in [2.05, 4.69) is 25.6 Å². The molecule has 36 heavy (non-hydrogen) atoms. The SMILES string of the molecule is CNCCN/C=C(\C=N)c1cnc2ccc(-c3c(-c4cc(Cl)ccc4F)[nH]c4cccnc34)cc2c1. The molecule has 3 aromatic heterocycles. The van der Waals surface area contributed by atoms with Gasteiger partial charge in [0.1, 0.15) is 5.82 Å². The highest BCUT2D eigenvalue weighted by molar-refractivity contribution is 6.31. The minimum absolute atomic E-state index is 0.372. The predicted octanol–water partition coefficient (Wildman–Crippen LogP) is 6.04. The van der Waals surface area contributed by atoms with E-state index in [0.29, 0.717) is 16.3 Å². The van der Waals surface area contributed by atoms with E-state index in [1.165, 1.54) is 18.3 Å². The fourth-order valence-corrected chi connectivity index (χ4v) is 4.40. The van der Waals surface area contributed by atoms with Gasteiger partial charge in [0.05, 0.1) is 22.2 Å². The summed E-state index contributed by atoms with van der Waals surface area (Å²) in [4.78, 5) is 12.5. The Balaban J connectivity index is 1.65. The lowest BCUT2D eigenvalue weighted by Crippen LogP contribution is -2.21. The van der Waals surface area contributed by atoms with Gasteiger partial charge in [0.2, 0.25) is 0 Å². The molecule has 0 aliphatic rings. The number of benzene rings is 2. The van der Waals surface area contributed by atoms with Crippen molar-refractivity contribution in [1.29, 1.82) is 5.41 Å². The molecule has 8 heteroatoms. The van der Waals surface area contributed by atoms with Gasteiger partial charge in [-0.25, -0.2) is 4.39 Å². The molecule has 180 valence electrons. The standard InChI is InChI=1S/C28H24ClFN6/c1-32-9-10-33-15-20(14-31)19-12-18-11-17(4-7-24(18)35-16-19)26-27(22-13-21(29)5-6-23(22)30)36-25-3-2-8-34-28(25)26/h2-8,11-16,31-33,36H,9-10H2,1H3/b20-15+,31-14?. The van der Waals surface area contributed by atoms with Gasteiger partial charge >= 0.3 is 0 Å². The lowest BCUT2D eigenvalue weighted by molar-refractivity contribution is 0.631. The number of aromatic amines is 1. The van der Waals surface area contributed by atoms with Crippen molar-refractivity contribution < 1.29 is 4.39 Å². The zero-order valence-electron chi connectivity index (χ0n) is 19.6. The summed E-state index contributed by atoms with van der Waals surface area (Å²) < 4.78 is 14.9. The minimum Gasteiger partial charge on any atom is -0.389 e. The Bertz CT molecular complexity index is 1610. The zero-order chi connectivity index (χ0) is 25.1. The molecule has 0 bridgehead atoms. The second kappa shape index (κ2) is 10.3. The Morgan fingerprint density at radius 2 is 2.00 bits per heavy atom. The van der Waals surface area contributed by atoms with E-state index in [9.17, 15) is 4.39 Å². The van der Waals surface area contributed by atoms with Crippen LogP contribution < -0.4 is 10.6 Å². The number of halogens is 2. The quantitative estimate of drug-likeness (QED) is 0.155. The van der Waals surface area contributed by atoms with Crippen LogP contribution in [0.15, 0.2) is 73.2 Å². The average molecular weight is 499 g/mol. The summed E-state index contributed by atoms with van der Waals surface area (Å²) in [5.74, 6) is -0.372. The molecule has 0 amide bonds. The van der Waals surface area contributed by atoms with E-state index in [0.717, 1.165) is 57.3 Å². The van der Waals surface area contributed by atoms with Crippen LogP contribution in [0.25, 0.3) is 49.9 Å². The molecule has 0 spiro atoms. The molecule has 5 aromatic rings. The van der Waals surface area contributed by atoms with E-state index >= 15 is 0 Å². The molecule has 6 nitrogen and oxygen atoms in total. The van der Waals surface area contributed by atoms with Gasteiger partial charge in [-0.3, -0.25) is 9.97 Å². The molecule has 5 rings (SSSR count). The van der Waals surface area contributed by atoms with Gasteiger partial charge in [0.15, 0.2) is 0 Å². The summed E-state index contributed by atoms with van der Waals surface area (Å²) in [5.41, 5.74) is 6.55. The smallest absolute Gasteiger partial charge is 0.132 e. The third-order valence-electron chi connectivity index (χ3n) is 5.99. The number of nitrogens with zero attached hydrogens (tertiary/aromatic N) is 2. The maximum Gasteiger partial charge on any atom is 0.132 e. The van der Waals surface area contributed by atoms with E-state index in [-0.39, 0.29) is 5.82 Å². The third-order valence-corrected chi connectivity index (χ3v) is 6.22. The number of allylic oxidation sites excluding steroid dienone is 1. The second-order valence-electron chi connectivity index (χ2n) is 8.33. The normalized spacial score (nSPS) is 11.8. The van der Waals surface area contributed by atoms with E-state index < -0.39 is 0 Å². The van der Waals surface area contributed by atoms with E-state index in [1.54, 1.807) is 18.5 Å². The van der Waals surface area contributed by atoms with Crippen molar-refractivity contribution in [3.05, 3.63) is 89.6 Å². The monoisotopic (exact) mass is 498 g/mol. The number of nitrogens with one attached hydrogen (secondary N) is 4. The molecule has 0 fully saturated rings. The molecular weight excluding hydrogens is 475 g/mol. The van der Waals surface area contributed by atoms with Crippen LogP contribution in [0.3, 0.4) is 0 Å². The number of fused-ring (bicyclic) bond motifs is 2. The summed E-state index contributed by atoms with van der Waals surface area (Å²) in [6, 6.07) is 16.2. The number of hydrogen-bond acceptors (Lipinski definition) is 5. The summed E-state index contributed by atoms with van der Waals surface area (Å²) in [6.07, 6.45) is 6.61. The van der Waals surface area contributed by atoms with Crippen LogP contribution in [0.2, 0.25) is 5.02 Å². The topological polar surface area (TPSA) is 89.5 Å². The highest BCUT2D eigenvalue weighted by Gasteiger charge is 2.19.